The van der Waals surface area contributed by atoms with Crippen molar-refractivity contribution >= 4 is 10.9 Å². The fourth-order valence-electron chi connectivity index (χ4n) is 2.64. The monoisotopic (exact) mass is 304 g/mol. The van der Waals surface area contributed by atoms with Crippen molar-refractivity contribution in [3.63, 3.8) is 0 Å². The molecule has 3 aromatic heterocycles. The molecular weight excluding hydrogens is 291 g/mol. The van der Waals surface area contributed by atoms with E-state index in [9.17, 15) is 4.39 Å². The van der Waals surface area contributed by atoms with Gasteiger partial charge in [0.25, 0.3) is 0 Å². The summed E-state index contributed by atoms with van der Waals surface area (Å²) < 4.78 is 16.7. The van der Waals surface area contributed by atoms with Gasteiger partial charge in [-0.15, -0.1) is 0 Å². The van der Waals surface area contributed by atoms with Crippen molar-refractivity contribution in [1.29, 1.82) is 0 Å². The van der Waals surface area contributed by atoms with E-state index in [4.69, 9.17) is 0 Å². The number of rotatable bonds is 2. The topological polar surface area (TPSA) is 43.6 Å². The third kappa shape index (κ3) is 2.26. The lowest BCUT2D eigenvalue weighted by Gasteiger charge is -2.10. The Bertz CT molecular complexity index is 993. The highest BCUT2D eigenvalue weighted by Gasteiger charge is 2.15. The Hall–Kier alpha value is -3.08. The van der Waals surface area contributed by atoms with Crippen LogP contribution in [0.5, 0.6) is 0 Å². The van der Waals surface area contributed by atoms with Gasteiger partial charge in [0.15, 0.2) is 5.82 Å². The first-order valence-electron chi connectivity index (χ1n) is 7.25. The largest absolute Gasteiger partial charge is 0.262 e. The number of aromatic nitrogens is 4. The van der Waals surface area contributed by atoms with Gasteiger partial charge in [0.1, 0.15) is 5.52 Å². The summed E-state index contributed by atoms with van der Waals surface area (Å²) >= 11 is 0. The molecule has 4 aromatic rings. The lowest BCUT2D eigenvalue weighted by molar-refractivity contribution is 0.638. The molecule has 23 heavy (non-hydrogen) atoms. The first kappa shape index (κ1) is 13.6. The van der Waals surface area contributed by atoms with E-state index in [1.165, 1.54) is 0 Å². The molecule has 0 fully saturated rings. The maximum Gasteiger partial charge on any atom is 0.158 e. The first-order valence-corrected chi connectivity index (χ1v) is 7.25. The summed E-state index contributed by atoms with van der Waals surface area (Å²) in [6.45, 7) is 1.85. The van der Waals surface area contributed by atoms with E-state index in [1.807, 2.05) is 37.3 Å². The van der Waals surface area contributed by atoms with Gasteiger partial charge >= 0.3 is 0 Å². The summed E-state index contributed by atoms with van der Waals surface area (Å²) in [6, 6.07) is 12.9. The van der Waals surface area contributed by atoms with Crippen molar-refractivity contribution < 1.29 is 4.39 Å². The Morgan fingerprint density at radius 2 is 1.87 bits per heavy atom. The van der Waals surface area contributed by atoms with Gasteiger partial charge in [-0.3, -0.25) is 9.97 Å². The predicted octanol–water partition coefficient (Wildman–Crippen LogP) is 3.93. The maximum atomic E-state index is 15.0. The Morgan fingerprint density at radius 3 is 2.70 bits per heavy atom. The molecule has 0 spiro atoms. The maximum absolute atomic E-state index is 15.0. The lowest BCUT2D eigenvalue weighted by atomic mass is 10.1. The highest BCUT2D eigenvalue weighted by molar-refractivity contribution is 5.85. The molecule has 0 aliphatic rings. The number of hydrogen-bond donors (Lipinski definition) is 0. The number of fused-ring (bicyclic) bond motifs is 1. The smallest absolute Gasteiger partial charge is 0.158 e. The van der Waals surface area contributed by atoms with Crippen LogP contribution in [0.25, 0.3) is 27.8 Å². The Balaban J connectivity index is 1.94. The number of hydrogen-bond acceptors (Lipinski definition) is 3. The van der Waals surface area contributed by atoms with Crippen LogP contribution in [-0.4, -0.2) is 19.7 Å². The van der Waals surface area contributed by atoms with Gasteiger partial charge in [-0.1, -0.05) is 12.1 Å². The molecule has 5 heteroatoms. The second-order valence-electron chi connectivity index (χ2n) is 5.29. The number of pyridine rings is 2. The van der Waals surface area contributed by atoms with E-state index in [0.29, 0.717) is 16.8 Å². The third-order valence-electron chi connectivity index (χ3n) is 3.75. The van der Waals surface area contributed by atoms with Crippen molar-refractivity contribution in [2.75, 3.05) is 0 Å². The van der Waals surface area contributed by atoms with Crippen LogP contribution in [0.4, 0.5) is 4.39 Å². The standard InChI is InChI=1S/C18H13FN4/c1-12-4-5-13-6-7-15(17(19)18(13)22-12)16-8-10-21-23(16)14-3-2-9-20-11-14/h2-11H,1H3. The molecule has 0 N–H and O–H groups in total. The fraction of sp³-hybridized carbons (Fsp3) is 0.0556. The van der Waals surface area contributed by atoms with Crippen molar-refractivity contribution in [2.24, 2.45) is 0 Å². The first-order chi connectivity index (χ1) is 11.2. The number of benzene rings is 1. The van der Waals surface area contributed by atoms with Crippen molar-refractivity contribution in [2.45, 2.75) is 6.92 Å². The minimum absolute atomic E-state index is 0.336. The van der Waals surface area contributed by atoms with Crippen LogP contribution in [0.15, 0.2) is 61.1 Å². The summed E-state index contributed by atoms with van der Waals surface area (Å²) in [5.41, 5.74) is 3.08. The molecular formula is C18H13FN4. The molecule has 0 bridgehead atoms. The molecule has 3 heterocycles. The summed E-state index contributed by atoms with van der Waals surface area (Å²) in [4.78, 5) is 8.42. The van der Waals surface area contributed by atoms with E-state index in [0.717, 1.165) is 16.8 Å². The van der Waals surface area contributed by atoms with Crippen LogP contribution in [-0.2, 0) is 0 Å². The minimum Gasteiger partial charge on any atom is -0.262 e. The number of aryl methyl sites for hydroxylation is 1. The van der Waals surface area contributed by atoms with Crippen molar-refractivity contribution in [1.82, 2.24) is 19.7 Å². The van der Waals surface area contributed by atoms with Crippen LogP contribution < -0.4 is 0 Å². The van der Waals surface area contributed by atoms with E-state index < -0.39 is 0 Å². The molecule has 112 valence electrons. The molecule has 0 amide bonds. The zero-order valence-corrected chi connectivity index (χ0v) is 12.4. The Kier molecular flexibility index (Phi) is 3.12. The van der Waals surface area contributed by atoms with E-state index in [-0.39, 0.29) is 5.82 Å². The Labute approximate surface area is 132 Å². The normalized spacial score (nSPS) is 11.0. The molecule has 4 rings (SSSR count). The van der Waals surface area contributed by atoms with E-state index in [2.05, 4.69) is 15.1 Å². The molecule has 0 aliphatic heterocycles. The summed E-state index contributed by atoms with van der Waals surface area (Å²) in [5, 5.41) is 5.07. The molecule has 0 saturated heterocycles. The minimum atomic E-state index is -0.336. The summed E-state index contributed by atoms with van der Waals surface area (Å²) in [7, 11) is 0. The lowest BCUT2D eigenvalue weighted by Crippen LogP contribution is -2.01. The average Bonchev–Trinajstić information content (AvgIpc) is 3.06. The van der Waals surface area contributed by atoms with Crippen LogP contribution in [0.2, 0.25) is 0 Å². The van der Waals surface area contributed by atoms with Gasteiger partial charge in [-0.2, -0.15) is 5.10 Å². The summed E-state index contributed by atoms with van der Waals surface area (Å²) in [5.74, 6) is -0.336. The summed E-state index contributed by atoms with van der Waals surface area (Å²) in [6.07, 6.45) is 5.03. The second kappa shape index (κ2) is 5.28. The van der Waals surface area contributed by atoms with Gasteiger partial charge in [-0.25, -0.2) is 9.07 Å². The molecule has 0 aliphatic carbocycles. The molecule has 0 atom stereocenters. The predicted molar refractivity (Wildman–Crippen MR) is 86.8 cm³/mol. The van der Waals surface area contributed by atoms with Crippen LogP contribution in [0.1, 0.15) is 5.69 Å². The number of halogens is 1. The third-order valence-corrected chi connectivity index (χ3v) is 3.75. The van der Waals surface area contributed by atoms with Crippen LogP contribution >= 0.6 is 0 Å². The van der Waals surface area contributed by atoms with Gasteiger partial charge in [0.2, 0.25) is 0 Å². The second-order valence-corrected chi connectivity index (χ2v) is 5.29. The quantitative estimate of drug-likeness (QED) is 0.563. The molecule has 1 aromatic carbocycles. The molecule has 0 radical (unpaired) electrons. The molecule has 0 unspecified atom stereocenters. The van der Waals surface area contributed by atoms with E-state index in [1.54, 1.807) is 35.4 Å². The van der Waals surface area contributed by atoms with Crippen LogP contribution in [0, 0.1) is 12.7 Å². The highest BCUT2D eigenvalue weighted by Crippen LogP contribution is 2.29. The van der Waals surface area contributed by atoms with Gasteiger partial charge < -0.3 is 0 Å². The van der Waals surface area contributed by atoms with Crippen LogP contribution in [0.3, 0.4) is 0 Å². The van der Waals surface area contributed by atoms with Crippen molar-refractivity contribution in [3.05, 3.63) is 72.6 Å². The Morgan fingerprint density at radius 1 is 1.00 bits per heavy atom. The van der Waals surface area contributed by atoms with E-state index >= 15 is 0 Å². The zero-order chi connectivity index (χ0) is 15.8. The SMILES string of the molecule is Cc1ccc2ccc(-c3ccnn3-c3cccnc3)c(F)c2n1. The molecule has 4 nitrogen and oxygen atoms in total. The number of nitrogens with zero attached hydrogens (tertiary/aromatic N) is 4. The average molecular weight is 304 g/mol. The highest BCUT2D eigenvalue weighted by atomic mass is 19.1. The van der Waals surface area contributed by atoms with Gasteiger partial charge in [0, 0.05) is 22.8 Å². The van der Waals surface area contributed by atoms with Gasteiger partial charge in [0.05, 0.1) is 23.8 Å². The fourth-order valence-corrected chi connectivity index (χ4v) is 2.64. The van der Waals surface area contributed by atoms with Gasteiger partial charge in [-0.05, 0) is 37.3 Å². The molecule has 0 saturated carbocycles. The van der Waals surface area contributed by atoms with Crippen molar-refractivity contribution in [3.8, 4) is 16.9 Å². The zero-order valence-electron chi connectivity index (χ0n) is 12.4.